The molecule has 0 bridgehead atoms. The Hall–Kier alpha value is -2.69. The number of rotatable bonds is 6. The first-order valence-corrected chi connectivity index (χ1v) is 9.24. The van der Waals surface area contributed by atoms with E-state index in [9.17, 15) is 4.79 Å². The van der Waals surface area contributed by atoms with Gasteiger partial charge < -0.3 is 4.90 Å². The van der Waals surface area contributed by atoms with E-state index >= 15 is 0 Å². The molecule has 5 heteroatoms. The van der Waals surface area contributed by atoms with Gasteiger partial charge in [0.25, 0.3) is 5.91 Å². The van der Waals surface area contributed by atoms with Gasteiger partial charge in [0.15, 0.2) is 5.65 Å². The number of aromatic nitrogens is 3. The molecule has 0 fully saturated rings. The molecule has 3 aromatic rings. The average Bonchev–Trinajstić information content (AvgIpc) is 3.06. The normalized spacial score (nSPS) is 11.3. The Morgan fingerprint density at radius 1 is 1.23 bits per heavy atom. The van der Waals surface area contributed by atoms with Gasteiger partial charge in [-0.3, -0.25) is 4.79 Å². The molecule has 1 amide bonds. The zero-order valence-electron chi connectivity index (χ0n) is 15.9. The van der Waals surface area contributed by atoms with Gasteiger partial charge in [0.05, 0.1) is 17.1 Å². The highest BCUT2D eigenvalue weighted by Crippen LogP contribution is 2.25. The van der Waals surface area contributed by atoms with Crippen LogP contribution in [0.2, 0.25) is 0 Å². The fourth-order valence-corrected chi connectivity index (χ4v) is 3.12. The minimum absolute atomic E-state index is 0.00320. The molecule has 0 N–H and O–H groups in total. The Balaban J connectivity index is 2.09. The Labute approximate surface area is 154 Å². The van der Waals surface area contributed by atoms with Crippen molar-refractivity contribution in [2.24, 2.45) is 0 Å². The Kier molecular flexibility index (Phi) is 5.35. The Morgan fingerprint density at radius 2 is 1.96 bits per heavy atom. The first-order chi connectivity index (χ1) is 12.5. The summed E-state index contributed by atoms with van der Waals surface area (Å²) in [5, 5.41) is 5.27. The summed E-state index contributed by atoms with van der Waals surface area (Å²) >= 11 is 0. The van der Waals surface area contributed by atoms with Crippen molar-refractivity contribution in [1.29, 1.82) is 0 Å². The molecule has 0 atom stereocenters. The number of pyridine rings is 1. The number of carbonyl (C=O) groups excluding carboxylic acids is 1. The van der Waals surface area contributed by atoms with E-state index in [0.717, 1.165) is 35.3 Å². The zero-order valence-corrected chi connectivity index (χ0v) is 15.9. The number of nitrogens with zero attached hydrogens (tertiary/aromatic N) is 4. The lowest BCUT2D eigenvalue weighted by atomic mass is 10.1. The molecule has 0 saturated heterocycles. The second-order valence-electron chi connectivity index (χ2n) is 6.88. The number of hydrogen-bond donors (Lipinski definition) is 0. The summed E-state index contributed by atoms with van der Waals surface area (Å²) in [7, 11) is 0. The van der Waals surface area contributed by atoms with Crippen molar-refractivity contribution in [3.8, 4) is 0 Å². The number of fused-ring (bicyclic) bond motifs is 1. The number of benzene rings is 1. The van der Waals surface area contributed by atoms with Crippen LogP contribution in [0.25, 0.3) is 11.0 Å². The van der Waals surface area contributed by atoms with E-state index in [1.807, 2.05) is 52.9 Å². The van der Waals surface area contributed by atoms with E-state index in [2.05, 4.69) is 30.9 Å². The van der Waals surface area contributed by atoms with Gasteiger partial charge in [0, 0.05) is 24.0 Å². The summed E-state index contributed by atoms with van der Waals surface area (Å²) in [4.78, 5) is 19.9. The molecule has 0 aliphatic rings. The van der Waals surface area contributed by atoms with Crippen molar-refractivity contribution >= 4 is 22.6 Å². The molecule has 2 aromatic heterocycles. The molecule has 0 spiro atoms. The maximum absolute atomic E-state index is 13.5. The lowest BCUT2D eigenvalue weighted by molar-refractivity contribution is 0.0988. The van der Waals surface area contributed by atoms with Crippen molar-refractivity contribution in [2.45, 2.75) is 46.6 Å². The standard InChI is InChI=1S/C21H26N4O/c1-5-6-12-24(17-10-8-7-9-11-17)21(26)18-13-16(4)23-20-19(18)14-22-25(20)15(2)3/h7-11,13-15H,5-6,12H2,1-4H3. The molecular formula is C21H26N4O. The summed E-state index contributed by atoms with van der Waals surface area (Å²) < 4.78 is 1.87. The monoisotopic (exact) mass is 350 g/mol. The molecule has 0 unspecified atom stereocenters. The Morgan fingerprint density at radius 3 is 2.62 bits per heavy atom. The summed E-state index contributed by atoms with van der Waals surface area (Å²) in [6.07, 6.45) is 3.75. The number of amides is 1. The molecule has 0 aliphatic carbocycles. The first-order valence-electron chi connectivity index (χ1n) is 9.24. The van der Waals surface area contributed by atoms with Crippen LogP contribution in [0.4, 0.5) is 5.69 Å². The lowest BCUT2D eigenvalue weighted by Gasteiger charge is -2.23. The SMILES string of the molecule is CCCCN(C(=O)c1cc(C)nc2c1cnn2C(C)C)c1ccccc1. The van der Waals surface area contributed by atoms with Gasteiger partial charge in [0.2, 0.25) is 0 Å². The van der Waals surface area contributed by atoms with Crippen LogP contribution in [0.15, 0.2) is 42.6 Å². The maximum atomic E-state index is 13.5. The van der Waals surface area contributed by atoms with Crippen LogP contribution in [0, 0.1) is 6.92 Å². The van der Waals surface area contributed by atoms with Crippen LogP contribution < -0.4 is 4.90 Å². The zero-order chi connectivity index (χ0) is 18.7. The van der Waals surface area contributed by atoms with Crippen LogP contribution in [0.1, 0.15) is 55.7 Å². The van der Waals surface area contributed by atoms with E-state index in [1.54, 1.807) is 6.20 Å². The Bertz CT molecular complexity index is 899. The van der Waals surface area contributed by atoms with Crippen molar-refractivity contribution in [3.05, 3.63) is 53.9 Å². The average molecular weight is 350 g/mol. The predicted octanol–water partition coefficient (Wildman–Crippen LogP) is 4.77. The van der Waals surface area contributed by atoms with Crippen LogP contribution in [-0.4, -0.2) is 27.2 Å². The predicted molar refractivity (Wildman–Crippen MR) is 106 cm³/mol. The molecule has 3 rings (SSSR count). The molecule has 5 nitrogen and oxygen atoms in total. The summed E-state index contributed by atoms with van der Waals surface area (Å²) in [5.74, 6) is 0.00320. The van der Waals surface area contributed by atoms with Crippen molar-refractivity contribution in [2.75, 3.05) is 11.4 Å². The largest absolute Gasteiger partial charge is 0.308 e. The van der Waals surface area contributed by atoms with Crippen LogP contribution >= 0.6 is 0 Å². The van der Waals surface area contributed by atoms with Gasteiger partial charge in [-0.05, 0) is 45.4 Å². The van der Waals surface area contributed by atoms with Crippen LogP contribution in [-0.2, 0) is 0 Å². The number of aryl methyl sites for hydroxylation is 1. The quantitative estimate of drug-likeness (QED) is 0.643. The number of anilines is 1. The molecule has 0 aliphatic heterocycles. The second kappa shape index (κ2) is 7.68. The highest BCUT2D eigenvalue weighted by Gasteiger charge is 2.22. The minimum atomic E-state index is 0.00320. The lowest BCUT2D eigenvalue weighted by Crippen LogP contribution is -2.32. The van der Waals surface area contributed by atoms with Gasteiger partial charge in [-0.25, -0.2) is 9.67 Å². The number of unbranched alkanes of at least 4 members (excludes halogenated alkanes) is 1. The molecule has 26 heavy (non-hydrogen) atoms. The van der Waals surface area contributed by atoms with E-state index in [0.29, 0.717) is 12.1 Å². The molecule has 136 valence electrons. The van der Waals surface area contributed by atoms with Crippen molar-refractivity contribution in [1.82, 2.24) is 14.8 Å². The van der Waals surface area contributed by atoms with Gasteiger partial charge in [-0.2, -0.15) is 5.10 Å². The number of para-hydroxylation sites is 1. The third-order valence-electron chi connectivity index (χ3n) is 4.46. The van der Waals surface area contributed by atoms with Crippen molar-refractivity contribution < 1.29 is 4.79 Å². The third-order valence-corrected chi connectivity index (χ3v) is 4.46. The van der Waals surface area contributed by atoms with Gasteiger partial charge in [-0.1, -0.05) is 31.5 Å². The maximum Gasteiger partial charge on any atom is 0.259 e. The number of hydrogen-bond acceptors (Lipinski definition) is 3. The highest BCUT2D eigenvalue weighted by molar-refractivity contribution is 6.13. The number of carbonyl (C=O) groups is 1. The molecule has 0 saturated carbocycles. The first kappa shape index (κ1) is 18.1. The fraction of sp³-hybridized carbons (Fsp3) is 0.381. The smallest absolute Gasteiger partial charge is 0.259 e. The highest BCUT2D eigenvalue weighted by atomic mass is 16.2. The molecular weight excluding hydrogens is 324 g/mol. The topological polar surface area (TPSA) is 51.0 Å². The van der Waals surface area contributed by atoms with E-state index in [4.69, 9.17) is 0 Å². The van der Waals surface area contributed by atoms with E-state index < -0.39 is 0 Å². The van der Waals surface area contributed by atoms with E-state index in [1.165, 1.54) is 0 Å². The van der Waals surface area contributed by atoms with Gasteiger partial charge in [-0.15, -0.1) is 0 Å². The molecule has 2 heterocycles. The van der Waals surface area contributed by atoms with E-state index in [-0.39, 0.29) is 11.9 Å². The summed E-state index contributed by atoms with van der Waals surface area (Å²) in [5.41, 5.74) is 3.18. The molecule has 1 aromatic carbocycles. The third kappa shape index (κ3) is 3.47. The van der Waals surface area contributed by atoms with Gasteiger partial charge >= 0.3 is 0 Å². The van der Waals surface area contributed by atoms with Gasteiger partial charge in [0.1, 0.15) is 0 Å². The second-order valence-corrected chi connectivity index (χ2v) is 6.88. The van der Waals surface area contributed by atoms with Crippen molar-refractivity contribution in [3.63, 3.8) is 0 Å². The summed E-state index contributed by atoms with van der Waals surface area (Å²) in [6, 6.07) is 11.9. The minimum Gasteiger partial charge on any atom is -0.308 e. The van der Waals surface area contributed by atoms with Crippen LogP contribution in [0.5, 0.6) is 0 Å². The molecule has 0 radical (unpaired) electrons. The fourth-order valence-electron chi connectivity index (χ4n) is 3.12. The van der Waals surface area contributed by atoms with Crippen LogP contribution in [0.3, 0.4) is 0 Å². The summed E-state index contributed by atoms with van der Waals surface area (Å²) in [6.45, 7) is 8.88.